The van der Waals surface area contributed by atoms with E-state index in [0.717, 1.165) is 0 Å². The Morgan fingerprint density at radius 3 is 2.25 bits per heavy atom. The van der Waals surface area contributed by atoms with Crippen LogP contribution in [0.25, 0.3) is 0 Å². The van der Waals surface area contributed by atoms with Gasteiger partial charge in [-0.15, -0.1) is 0 Å². The number of carboxylic acid groups (broad SMARTS) is 1. The highest BCUT2D eigenvalue weighted by Crippen LogP contribution is 2.19. The first-order valence-corrected chi connectivity index (χ1v) is 5.20. The number of aliphatic hydroxyl groups excluding tert-OH is 1. The molecule has 0 spiro atoms. The molecule has 6 heteroatoms. The van der Waals surface area contributed by atoms with E-state index < -0.39 is 29.4 Å². The molecule has 0 saturated carbocycles. The molecule has 0 heterocycles. The van der Waals surface area contributed by atoms with E-state index >= 15 is 0 Å². The quantitative estimate of drug-likeness (QED) is 0.484. The summed E-state index contributed by atoms with van der Waals surface area (Å²) in [6.45, 7) is 4.89. The van der Waals surface area contributed by atoms with Crippen LogP contribution in [0.3, 0.4) is 0 Å². The number of carboxylic acids is 1. The summed E-state index contributed by atoms with van der Waals surface area (Å²) in [6.07, 6.45) is -0.651. The zero-order chi connectivity index (χ0) is 12.9. The maximum atomic E-state index is 11.8. The Balaban J connectivity index is 4.70. The van der Waals surface area contributed by atoms with Crippen molar-refractivity contribution in [1.29, 1.82) is 0 Å². The van der Waals surface area contributed by atoms with Crippen LogP contribution in [0, 0.1) is 5.41 Å². The second-order valence-corrected chi connectivity index (χ2v) is 4.15. The fourth-order valence-electron chi connectivity index (χ4n) is 1.10. The second kappa shape index (κ2) is 5.81. The van der Waals surface area contributed by atoms with Crippen molar-refractivity contribution in [3.05, 3.63) is 0 Å². The van der Waals surface area contributed by atoms with Crippen molar-refractivity contribution in [1.82, 2.24) is 5.32 Å². The van der Waals surface area contributed by atoms with E-state index in [2.05, 4.69) is 5.32 Å². The van der Waals surface area contributed by atoms with E-state index in [-0.39, 0.29) is 6.54 Å². The Bertz CT molecular complexity index is 262. The van der Waals surface area contributed by atoms with Gasteiger partial charge in [0.05, 0.1) is 11.5 Å². The van der Waals surface area contributed by atoms with Gasteiger partial charge in [-0.3, -0.25) is 4.79 Å². The lowest BCUT2D eigenvalue weighted by atomic mass is 9.86. The third kappa shape index (κ3) is 3.46. The molecule has 0 aromatic carbocycles. The first-order chi connectivity index (χ1) is 7.28. The number of hydrogen-bond acceptors (Lipinski definition) is 4. The number of aliphatic hydroxyl groups is 1. The molecule has 5 N–H and O–H groups in total. The van der Waals surface area contributed by atoms with Crippen LogP contribution in [0.4, 0.5) is 0 Å². The molecule has 1 unspecified atom stereocenters. The van der Waals surface area contributed by atoms with Crippen LogP contribution in [0.1, 0.15) is 27.2 Å². The average molecular weight is 232 g/mol. The summed E-state index contributed by atoms with van der Waals surface area (Å²) in [5.41, 5.74) is 4.67. The number of hydrogen-bond donors (Lipinski definition) is 4. The number of carbonyl (C=O) groups is 2. The predicted octanol–water partition coefficient (Wildman–Crippen LogP) is -0.688. The van der Waals surface area contributed by atoms with Gasteiger partial charge in [-0.2, -0.15) is 0 Å². The van der Waals surface area contributed by atoms with Crippen LogP contribution in [-0.2, 0) is 9.59 Å². The summed E-state index contributed by atoms with van der Waals surface area (Å²) in [4.78, 5) is 22.6. The molecule has 0 aromatic rings. The van der Waals surface area contributed by atoms with Crippen LogP contribution in [0.15, 0.2) is 0 Å². The number of nitrogens with one attached hydrogen (secondary N) is 1. The summed E-state index contributed by atoms with van der Waals surface area (Å²) < 4.78 is 0. The summed E-state index contributed by atoms with van der Waals surface area (Å²) in [5.74, 6) is -1.72. The topological polar surface area (TPSA) is 113 Å². The molecule has 16 heavy (non-hydrogen) atoms. The minimum atomic E-state index is -1.30. The number of amides is 1. The maximum absolute atomic E-state index is 11.8. The lowest BCUT2D eigenvalue weighted by Gasteiger charge is -2.27. The van der Waals surface area contributed by atoms with Crippen molar-refractivity contribution in [3.8, 4) is 0 Å². The first-order valence-electron chi connectivity index (χ1n) is 5.20. The minimum absolute atomic E-state index is 0.126. The van der Waals surface area contributed by atoms with Crippen molar-refractivity contribution >= 4 is 11.9 Å². The van der Waals surface area contributed by atoms with E-state index in [9.17, 15) is 14.7 Å². The van der Waals surface area contributed by atoms with Crippen molar-refractivity contribution in [2.24, 2.45) is 11.1 Å². The van der Waals surface area contributed by atoms with Gasteiger partial charge in [-0.25, -0.2) is 4.79 Å². The van der Waals surface area contributed by atoms with Gasteiger partial charge >= 0.3 is 5.97 Å². The molecular formula is C10H20N2O4. The Morgan fingerprint density at radius 1 is 1.50 bits per heavy atom. The molecule has 0 aliphatic heterocycles. The molecule has 0 fully saturated rings. The number of rotatable bonds is 6. The van der Waals surface area contributed by atoms with Gasteiger partial charge in [0.25, 0.3) is 0 Å². The third-order valence-electron chi connectivity index (χ3n) is 2.81. The fourth-order valence-corrected chi connectivity index (χ4v) is 1.10. The van der Waals surface area contributed by atoms with Crippen molar-refractivity contribution < 1.29 is 19.8 Å². The van der Waals surface area contributed by atoms with Gasteiger partial charge in [0, 0.05) is 6.54 Å². The standard InChI is InChI=1S/C10H20N2O4/c1-4-10(3,5-11)9(16)12-7(6(2)13)8(14)15/h6-7,13H,4-5,11H2,1-3H3,(H,12,16)(H,14,15)/t6-,7+,10?/m1/s1. The van der Waals surface area contributed by atoms with Gasteiger partial charge < -0.3 is 21.3 Å². The largest absolute Gasteiger partial charge is 0.480 e. The van der Waals surface area contributed by atoms with Crippen molar-refractivity contribution in [2.45, 2.75) is 39.3 Å². The Morgan fingerprint density at radius 2 is 2.00 bits per heavy atom. The lowest BCUT2D eigenvalue weighted by Crippen LogP contribution is -2.53. The van der Waals surface area contributed by atoms with E-state index in [1.165, 1.54) is 6.92 Å². The zero-order valence-corrected chi connectivity index (χ0v) is 9.86. The van der Waals surface area contributed by atoms with Crippen molar-refractivity contribution in [2.75, 3.05) is 6.54 Å². The highest BCUT2D eigenvalue weighted by molar-refractivity contribution is 5.87. The molecule has 3 atom stereocenters. The minimum Gasteiger partial charge on any atom is -0.480 e. The molecular weight excluding hydrogens is 212 g/mol. The summed E-state index contributed by atoms with van der Waals surface area (Å²) in [7, 11) is 0. The normalized spacial score (nSPS) is 18.3. The van der Waals surface area contributed by atoms with E-state index in [1.807, 2.05) is 0 Å². The molecule has 0 saturated heterocycles. The monoisotopic (exact) mass is 232 g/mol. The molecule has 6 nitrogen and oxygen atoms in total. The molecule has 0 aliphatic rings. The Kier molecular flexibility index (Phi) is 5.40. The van der Waals surface area contributed by atoms with E-state index in [0.29, 0.717) is 6.42 Å². The SMILES string of the molecule is CCC(C)(CN)C(=O)N[C@H](C(=O)O)[C@@H](C)O. The summed E-state index contributed by atoms with van der Waals surface area (Å²) in [6, 6.07) is -1.30. The van der Waals surface area contributed by atoms with Crippen LogP contribution < -0.4 is 11.1 Å². The van der Waals surface area contributed by atoms with E-state index in [1.54, 1.807) is 13.8 Å². The van der Waals surface area contributed by atoms with Gasteiger partial charge in [-0.05, 0) is 20.3 Å². The molecule has 0 radical (unpaired) electrons. The number of nitrogens with two attached hydrogens (primary N) is 1. The van der Waals surface area contributed by atoms with Crippen LogP contribution >= 0.6 is 0 Å². The van der Waals surface area contributed by atoms with Gasteiger partial charge in [-0.1, -0.05) is 6.92 Å². The molecule has 0 aliphatic carbocycles. The lowest BCUT2D eigenvalue weighted by molar-refractivity contribution is -0.146. The Labute approximate surface area is 94.8 Å². The average Bonchev–Trinajstić information content (AvgIpc) is 2.23. The van der Waals surface area contributed by atoms with Crippen LogP contribution in [-0.4, -0.2) is 40.8 Å². The first kappa shape index (κ1) is 14.9. The third-order valence-corrected chi connectivity index (χ3v) is 2.81. The molecule has 94 valence electrons. The Hall–Kier alpha value is -1.14. The molecule has 0 bridgehead atoms. The van der Waals surface area contributed by atoms with Gasteiger partial charge in [0.2, 0.25) is 5.91 Å². The zero-order valence-electron chi connectivity index (χ0n) is 9.86. The molecule has 0 rings (SSSR count). The predicted molar refractivity (Wildman–Crippen MR) is 58.7 cm³/mol. The van der Waals surface area contributed by atoms with E-state index in [4.69, 9.17) is 10.8 Å². The van der Waals surface area contributed by atoms with Gasteiger partial charge in [0.15, 0.2) is 6.04 Å². The smallest absolute Gasteiger partial charge is 0.328 e. The summed E-state index contributed by atoms with van der Waals surface area (Å²) in [5, 5.41) is 20.3. The maximum Gasteiger partial charge on any atom is 0.328 e. The van der Waals surface area contributed by atoms with Crippen LogP contribution in [0.2, 0.25) is 0 Å². The second-order valence-electron chi connectivity index (χ2n) is 4.15. The molecule has 1 amide bonds. The molecule has 0 aromatic heterocycles. The number of carbonyl (C=O) groups excluding carboxylic acids is 1. The highest BCUT2D eigenvalue weighted by atomic mass is 16.4. The summed E-state index contributed by atoms with van der Waals surface area (Å²) >= 11 is 0. The highest BCUT2D eigenvalue weighted by Gasteiger charge is 2.34. The number of aliphatic carboxylic acids is 1. The fraction of sp³-hybridized carbons (Fsp3) is 0.800. The van der Waals surface area contributed by atoms with Gasteiger partial charge in [0.1, 0.15) is 0 Å². The van der Waals surface area contributed by atoms with Crippen molar-refractivity contribution in [3.63, 3.8) is 0 Å². The van der Waals surface area contributed by atoms with Crippen LogP contribution in [0.5, 0.6) is 0 Å².